The molecule has 2 aromatic carbocycles. The molecule has 1 fully saturated rings. The zero-order chi connectivity index (χ0) is 20.8. The van der Waals surface area contributed by atoms with Crippen LogP contribution in [0.2, 0.25) is 5.02 Å². The Balaban J connectivity index is 0.00000117. The van der Waals surface area contributed by atoms with E-state index >= 15 is 0 Å². The molecule has 0 amide bonds. The molecule has 29 heavy (non-hydrogen) atoms. The highest BCUT2D eigenvalue weighted by Gasteiger charge is 2.15. The molecule has 1 saturated carbocycles. The van der Waals surface area contributed by atoms with Crippen molar-refractivity contribution in [1.82, 2.24) is 4.98 Å². The normalized spacial score (nSPS) is 14.5. The predicted octanol–water partition coefficient (Wildman–Crippen LogP) is 8.06. The van der Waals surface area contributed by atoms with Crippen LogP contribution in [-0.4, -0.2) is 11.2 Å². The summed E-state index contributed by atoms with van der Waals surface area (Å²) in [4.78, 5) is 3.85. The van der Waals surface area contributed by atoms with Gasteiger partial charge in [0.1, 0.15) is 5.82 Å². The minimum Gasteiger partial charge on any atom is -0.359 e. The van der Waals surface area contributed by atoms with Crippen LogP contribution in [0, 0.1) is 18.7 Å². The number of nitrogens with one attached hydrogen (secondary N) is 2. The van der Waals surface area contributed by atoms with Crippen LogP contribution >= 0.6 is 36.2 Å². The summed E-state index contributed by atoms with van der Waals surface area (Å²) in [6, 6.07) is 9.45. The first-order chi connectivity index (χ1) is 14.1. The standard InChI is InChI=1S/C22H24ClFN2S.CH4S/c1-14-13-25-22-19(9-8-17(23)21(14)22)26-27-20-10-7-16(12-18(20)24)11-15-5-3-2-4-6-15;1-2/h7-10,12-13,15,25-26H,2-6,11H2,1H3;2H,1H3. The average molecular weight is 451 g/mol. The Morgan fingerprint density at radius 2 is 1.93 bits per heavy atom. The summed E-state index contributed by atoms with van der Waals surface area (Å²) in [7, 11) is 0. The van der Waals surface area contributed by atoms with E-state index in [9.17, 15) is 4.39 Å². The van der Waals surface area contributed by atoms with Gasteiger partial charge in [0, 0.05) is 11.6 Å². The number of rotatable bonds is 5. The second-order valence-electron chi connectivity index (χ2n) is 7.49. The van der Waals surface area contributed by atoms with Gasteiger partial charge in [-0.2, -0.15) is 12.6 Å². The number of fused-ring (bicyclic) bond motifs is 1. The van der Waals surface area contributed by atoms with Crippen molar-refractivity contribution in [3.8, 4) is 0 Å². The molecule has 3 aromatic rings. The van der Waals surface area contributed by atoms with Crippen molar-refractivity contribution in [3.05, 3.63) is 58.5 Å². The van der Waals surface area contributed by atoms with Crippen molar-refractivity contribution in [1.29, 1.82) is 0 Å². The van der Waals surface area contributed by atoms with E-state index in [0.29, 0.717) is 10.8 Å². The molecule has 156 valence electrons. The zero-order valence-corrected chi connectivity index (χ0v) is 19.4. The van der Waals surface area contributed by atoms with Gasteiger partial charge in [-0.15, -0.1) is 0 Å². The Kier molecular flexibility index (Phi) is 8.22. The van der Waals surface area contributed by atoms with E-state index in [2.05, 4.69) is 28.4 Å². The third-order valence-electron chi connectivity index (χ3n) is 5.50. The summed E-state index contributed by atoms with van der Waals surface area (Å²) in [6.07, 6.45) is 11.2. The Morgan fingerprint density at radius 1 is 1.17 bits per heavy atom. The SMILES string of the molecule is CS.Cc1c[nH]c2c(NSc3ccc(CC4CCCCC4)cc3F)ccc(Cl)c12. The lowest BCUT2D eigenvalue weighted by molar-refractivity contribution is 0.356. The van der Waals surface area contributed by atoms with Crippen LogP contribution in [0.25, 0.3) is 10.9 Å². The van der Waals surface area contributed by atoms with Crippen molar-refractivity contribution < 1.29 is 4.39 Å². The number of aromatic nitrogens is 1. The van der Waals surface area contributed by atoms with Crippen molar-refractivity contribution in [2.75, 3.05) is 11.0 Å². The van der Waals surface area contributed by atoms with Crippen LogP contribution in [0.15, 0.2) is 41.4 Å². The molecule has 0 saturated heterocycles. The highest BCUT2D eigenvalue weighted by Crippen LogP contribution is 2.35. The smallest absolute Gasteiger partial charge is 0.138 e. The van der Waals surface area contributed by atoms with Crippen molar-refractivity contribution in [3.63, 3.8) is 0 Å². The number of aromatic amines is 1. The summed E-state index contributed by atoms with van der Waals surface area (Å²) in [6.45, 7) is 2.02. The Labute approximate surface area is 187 Å². The molecule has 6 heteroatoms. The second kappa shape index (κ2) is 10.6. The van der Waals surface area contributed by atoms with Crippen LogP contribution in [0.3, 0.4) is 0 Å². The molecule has 0 spiro atoms. The first kappa shape index (κ1) is 22.4. The molecular weight excluding hydrogens is 423 g/mol. The summed E-state index contributed by atoms with van der Waals surface area (Å²) >= 11 is 11.1. The molecule has 4 rings (SSSR count). The van der Waals surface area contributed by atoms with Gasteiger partial charge in [-0.25, -0.2) is 4.39 Å². The highest BCUT2D eigenvalue weighted by molar-refractivity contribution is 8.00. The van der Waals surface area contributed by atoms with E-state index in [1.807, 2.05) is 31.3 Å². The number of anilines is 1. The van der Waals surface area contributed by atoms with Crippen LogP contribution in [0.5, 0.6) is 0 Å². The first-order valence-electron chi connectivity index (χ1n) is 10.0. The fourth-order valence-electron chi connectivity index (χ4n) is 4.04. The Morgan fingerprint density at radius 3 is 2.66 bits per heavy atom. The highest BCUT2D eigenvalue weighted by atomic mass is 35.5. The molecule has 0 atom stereocenters. The van der Waals surface area contributed by atoms with E-state index in [1.165, 1.54) is 44.1 Å². The van der Waals surface area contributed by atoms with E-state index in [-0.39, 0.29) is 5.82 Å². The fraction of sp³-hybridized carbons (Fsp3) is 0.391. The van der Waals surface area contributed by atoms with Crippen molar-refractivity contribution >= 4 is 52.8 Å². The Hall–Kier alpha value is -1.30. The molecule has 2 nitrogen and oxygen atoms in total. The van der Waals surface area contributed by atoms with Crippen LogP contribution in [-0.2, 0) is 6.42 Å². The van der Waals surface area contributed by atoms with Crippen LogP contribution in [0.4, 0.5) is 10.1 Å². The fourth-order valence-corrected chi connectivity index (χ4v) is 5.03. The number of aryl methyl sites for hydroxylation is 1. The molecule has 0 bridgehead atoms. The quantitative estimate of drug-likeness (QED) is 0.271. The maximum absolute atomic E-state index is 14.6. The number of halogens is 2. The third-order valence-corrected chi connectivity index (χ3v) is 6.69. The molecule has 0 radical (unpaired) electrons. The number of H-pyrrole nitrogens is 1. The zero-order valence-electron chi connectivity index (χ0n) is 16.9. The van der Waals surface area contributed by atoms with Gasteiger partial charge in [0.25, 0.3) is 0 Å². The van der Waals surface area contributed by atoms with Crippen LogP contribution < -0.4 is 4.72 Å². The lowest BCUT2D eigenvalue weighted by atomic mass is 9.85. The van der Waals surface area contributed by atoms with Crippen molar-refractivity contribution in [2.24, 2.45) is 5.92 Å². The van der Waals surface area contributed by atoms with E-state index in [0.717, 1.165) is 39.2 Å². The van der Waals surface area contributed by atoms with Gasteiger partial charge in [0.05, 0.1) is 21.1 Å². The minimum absolute atomic E-state index is 0.159. The average Bonchev–Trinajstić information content (AvgIpc) is 3.14. The van der Waals surface area contributed by atoms with Crippen molar-refractivity contribution in [2.45, 2.75) is 50.3 Å². The summed E-state index contributed by atoms with van der Waals surface area (Å²) in [5.74, 6) is 0.557. The van der Waals surface area contributed by atoms with Gasteiger partial charge in [0.15, 0.2) is 0 Å². The van der Waals surface area contributed by atoms with Gasteiger partial charge in [-0.3, -0.25) is 0 Å². The van der Waals surface area contributed by atoms with Gasteiger partial charge in [-0.05, 0) is 72.9 Å². The second-order valence-corrected chi connectivity index (χ2v) is 8.75. The van der Waals surface area contributed by atoms with E-state index in [4.69, 9.17) is 11.6 Å². The molecule has 1 heterocycles. The summed E-state index contributed by atoms with van der Waals surface area (Å²) < 4.78 is 17.9. The Bertz CT molecular complexity index is 951. The van der Waals surface area contributed by atoms with Crippen LogP contribution in [0.1, 0.15) is 43.2 Å². The van der Waals surface area contributed by atoms with Gasteiger partial charge < -0.3 is 9.71 Å². The molecule has 1 aliphatic rings. The van der Waals surface area contributed by atoms with E-state index in [1.54, 1.807) is 12.3 Å². The number of thiol groups is 1. The molecule has 1 aromatic heterocycles. The molecule has 2 N–H and O–H groups in total. The van der Waals surface area contributed by atoms with E-state index < -0.39 is 0 Å². The molecule has 0 aliphatic heterocycles. The van der Waals surface area contributed by atoms with Gasteiger partial charge >= 0.3 is 0 Å². The summed E-state index contributed by atoms with van der Waals surface area (Å²) in [5, 5.41) is 1.73. The number of hydrogen-bond acceptors (Lipinski definition) is 3. The summed E-state index contributed by atoms with van der Waals surface area (Å²) in [5.41, 5.74) is 4.06. The third kappa shape index (κ3) is 5.44. The van der Waals surface area contributed by atoms with Gasteiger partial charge in [-0.1, -0.05) is 49.8 Å². The lowest BCUT2D eigenvalue weighted by Gasteiger charge is -2.21. The largest absolute Gasteiger partial charge is 0.359 e. The minimum atomic E-state index is -0.159. The molecular formula is C23H28ClFN2S2. The van der Waals surface area contributed by atoms with Gasteiger partial charge in [0.2, 0.25) is 0 Å². The number of benzene rings is 2. The molecule has 1 aliphatic carbocycles. The predicted molar refractivity (Wildman–Crippen MR) is 129 cm³/mol. The number of hydrogen-bond donors (Lipinski definition) is 3. The lowest BCUT2D eigenvalue weighted by Crippen LogP contribution is -2.09. The first-order valence-corrected chi connectivity index (χ1v) is 12.1. The maximum atomic E-state index is 14.6. The molecule has 0 unspecified atom stereocenters. The topological polar surface area (TPSA) is 27.8 Å². The monoisotopic (exact) mass is 450 g/mol. The maximum Gasteiger partial charge on any atom is 0.138 e.